The van der Waals surface area contributed by atoms with Crippen LogP contribution in [0.25, 0.3) is 11.3 Å². The van der Waals surface area contributed by atoms with E-state index in [0.29, 0.717) is 15.5 Å². The lowest BCUT2D eigenvalue weighted by Gasteiger charge is -2.05. The van der Waals surface area contributed by atoms with Gasteiger partial charge in [0.25, 0.3) is 0 Å². The number of hydrogen-bond acceptors (Lipinski definition) is 4. The number of aromatic hydroxyl groups is 1. The fourth-order valence-electron chi connectivity index (χ4n) is 2.26. The van der Waals surface area contributed by atoms with Crippen molar-refractivity contribution >= 4 is 49.4 Å². The first kappa shape index (κ1) is 19.0. The van der Waals surface area contributed by atoms with Crippen LogP contribution in [0.4, 0.5) is 4.39 Å². The molecule has 0 aliphatic rings. The quantitative estimate of drug-likeness (QED) is 0.482. The van der Waals surface area contributed by atoms with Gasteiger partial charge in [-0.2, -0.15) is 5.10 Å². The Morgan fingerprint density at radius 1 is 1.19 bits per heavy atom. The number of hydrogen-bond donors (Lipinski definition) is 1. The summed E-state index contributed by atoms with van der Waals surface area (Å²) in [5, 5.41) is 16.3. The molecule has 26 heavy (non-hydrogen) atoms. The lowest BCUT2D eigenvalue weighted by atomic mass is 10.2. The molecular formula is C18H14Br2FN3OS. The topological polar surface area (TPSA) is 49.9 Å². The molecular weight excluding hydrogens is 485 g/mol. The second-order valence-corrected chi connectivity index (χ2v) is 7.82. The molecule has 0 radical (unpaired) electrons. The number of nitrogens with zero attached hydrogens (tertiary/aromatic N) is 3. The van der Waals surface area contributed by atoms with Crippen LogP contribution in [-0.2, 0) is 0 Å². The molecule has 3 rings (SSSR count). The van der Waals surface area contributed by atoms with Gasteiger partial charge in [0.2, 0.25) is 4.80 Å². The summed E-state index contributed by atoms with van der Waals surface area (Å²) in [4.78, 5) is 5.22. The van der Waals surface area contributed by atoms with Crippen molar-refractivity contribution in [2.45, 2.75) is 6.92 Å². The third-order valence-corrected chi connectivity index (χ3v) is 5.54. The van der Waals surface area contributed by atoms with Crippen molar-refractivity contribution in [1.82, 2.24) is 4.68 Å². The van der Waals surface area contributed by atoms with Crippen molar-refractivity contribution in [2.24, 2.45) is 10.1 Å². The first-order valence-corrected chi connectivity index (χ1v) is 10.2. The van der Waals surface area contributed by atoms with E-state index in [-0.39, 0.29) is 11.6 Å². The minimum absolute atomic E-state index is 0.138. The van der Waals surface area contributed by atoms with Crippen molar-refractivity contribution in [3.05, 3.63) is 66.9 Å². The zero-order chi connectivity index (χ0) is 18.7. The highest BCUT2D eigenvalue weighted by Crippen LogP contribution is 2.32. The molecule has 0 atom stereocenters. The zero-order valence-electron chi connectivity index (χ0n) is 13.7. The Bertz CT molecular complexity index is 1000. The summed E-state index contributed by atoms with van der Waals surface area (Å²) >= 11 is 8.10. The molecule has 0 saturated carbocycles. The van der Waals surface area contributed by atoms with Crippen molar-refractivity contribution in [2.75, 3.05) is 6.54 Å². The van der Waals surface area contributed by atoms with E-state index in [0.717, 1.165) is 21.6 Å². The molecule has 1 N–H and O–H groups in total. The van der Waals surface area contributed by atoms with E-state index in [1.807, 2.05) is 12.3 Å². The number of thiazole rings is 1. The lowest BCUT2D eigenvalue weighted by molar-refractivity contribution is 0.468. The maximum atomic E-state index is 13.2. The number of phenols is 1. The van der Waals surface area contributed by atoms with Gasteiger partial charge in [0.1, 0.15) is 11.6 Å². The van der Waals surface area contributed by atoms with Gasteiger partial charge in [-0.25, -0.2) is 9.07 Å². The second-order valence-electron chi connectivity index (χ2n) is 5.27. The average molecular weight is 499 g/mol. The van der Waals surface area contributed by atoms with Gasteiger partial charge in [0, 0.05) is 17.5 Å². The van der Waals surface area contributed by atoms with Gasteiger partial charge in [-0.3, -0.25) is 4.99 Å². The third kappa shape index (κ3) is 4.13. The van der Waals surface area contributed by atoms with Crippen molar-refractivity contribution < 1.29 is 9.50 Å². The van der Waals surface area contributed by atoms with E-state index in [1.54, 1.807) is 35.2 Å². The zero-order valence-corrected chi connectivity index (χ0v) is 17.6. The smallest absolute Gasteiger partial charge is 0.206 e. The maximum Gasteiger partial charge on any atom is 0.206 e. The number of phenolic OH excluding ortho intramolecular Hbond substituents is 1. The molecule has 8 heteroatoms. The van der Waals surface area contributed by atoms with Gasteiger partial charge in [0.05, 0.1) is 20.9 Å². The Kier molecular flexibility index (Phi) is 6.05. The van der Waals surface area contributed by atoms with E-state index < -0.39 is 0 Å². The van der Waals surface area contributed by atoms with E-state index >= 15 is 0 Å². The van der Waals surface area contributed by atoms with Crippen molar-refractivity contribution in [3.8, 4) is 17.0 Å². The molecule has 2 aromatic carbocycles. The maximum absolute atomic E-state index is 13.2. The van der Waals surface area contributed by atoms with Gasteiger partial charge in [-0.1, -0.05) is 0 Å². The van der Waals surface area contributed by atoms with Crippen LogP contribution in [0.1, 0.15) is 12.5 Å². The van der Waals surface area contributed by atoms with E-state index in [1.165, 1.54) is 23.5 Å². The summed E-state index contributed by atoms with van der Waals surface area (Å²) in [6.07, 6.45) is 1.68. The summed E-state index contributed by atoms with van der Waals surface area (Å²) in [7, 11) is 0. The summed E-state index contributed by atoms with van der Waals surface area (Å²) in [5.74, 6) is -0.143. The SMILES string of the molecule is CCN=c1scc(-c2ccc(F)cc2)n1/N=C/c1cc(Br)c(O)c(Br)c1. The first-order valence-electron chi connectivity index (χ1n) is 7.69. The summed E-state index contributed by atoms with van der Waals surface area (Å²) in [6.45, 7) is 2.59. The van der Waals surface area contributed by atoms with Crippen LogP contribution in [0.5, 0.6) is 5.75 Å². The predicted molar refractivity (Wildman–Crippen MR) is 110 cm³/mol. The van der Waals surface area contributed by atoms with Crippen LogP contribution in [0.3, 0.4) is 0 Å². The van der Waals surface area contributed by atoms with E-state index in [4.69, 9.17) is 0 Å². The Hall–Kier alpha value is -1.77. The van der Waals surface area contributed by atoms with E-state index in [9.17, 15) is 9.50 Å². The van der Waals surface area contributed by atoms with Gasteiger partial charge in [-0.05, 0) is 80.7 Å². The molecule has 3 aromatic rings. The minimum Gasteiger partial charge on any atom is -0.506 e. The average Bonchev–Trinajstić information content (AvgIpc) is 3.01. The van der Waals surface area contributed by atoms with Gasteiger partial charge in [-0.15, -0.1) is 11.3 Å². The molecule has 0 aliphatic heterocycles. The molecule has 4 nitrogen and oxygen atoms in total. The Balaban J connectivity index is 2.07. The molecule has 0 unspecified atom stereocenters. The fourth-order valence-corrected chi connectivity index (χ4v) is 4.38. The largest absolute Gasteiger partial charge is 0.506 e. The Labute approximate surface area is 170 Å². The molecule has 1 heterocycles. The summed E-state index contributed by atoms with van der Waals surface area (Å²) < 4.78 is 16.1. The molecule has 0 bridgehead atoms. The monoisotopic (exact) mass is 497 g/mol. The minimum atomic E-state index is -0.281. The highest BCUT2D eigenvalue weighted by Gasteiger charge is 2.08. The predicted octanol–water partition coefficient (Wildman–Crippen LogP) is 5.39. The van der Waals surface area contributed by atoms with Gasteiger partial charge >= 0.3 is 0 Å². The number of halogens is 3. The van der Waals surface area contributed by atoms with Crippen molar-refractivity contribution in [3.63, 3.8) is 0 Å². The van der Waals surface area contributed by atoms with Gasteiger partial charge in [0.15, 0.2) is 0 Å². The normalized spacial score (nSPS) is 12.2. The molecule has 134 valence electrons. The van der Waals surface area contributed by atoms with Crippen molar-refractivity contribution in [1.29, 1.82) is 0 Å². The molecule has 1 aromatic heterocycles. The van der Waals surface area contributed by atoms with Crippen LogP contribution >= 0.6 is 43.2 Å². The van der Waals surface area contributed by atoms with Crippen LogP contribution in [0.15, 0.2) is 60.8 Å². The molecule has 0 aliphatic carbocycles. The number of aromatic nitrogens is 1. The standard InChI is InChI=1S/C18H14Br2FN3OS/c1-2-22-18-24(16(10-26-18)12-3-5-13(21)6-4-12)23-9-11-7-14(19)17(25)15(20)8-11/h3-10,25H,2H2,1H3/b22-18?,23-9+. The van der Waals surface area contributed by atoms with Crippen LogP contribution in [0.2, 0.25) is 0 Å². The first-order chi connectivity index (χ1) is 12.5. The third-order valence-electron chi connectivity index (χ3n) is 3.48. The van der Waals surface area contributed by atoms with Gasteiger partial charge < -0.3 is 5.11 Å². The lowest BCUT2D eigenvalue weighted by Crippen LogP contribution is -2.12. The van der Waals surface area contributed by atoms with Crippen LogP contribution in [0, 0.1) is 5.82 Å². The highest BCUT2D eigenvalue weighted by atomic mass is 79.9. The number of rotatable bonds is 4. The summed E-state index contributed by atoms with van der Waals surface area (Å²) in [5.41, 5.74) is 2.48. The van der Waals surface area contributed by atoms with Crippen LogP contribution in [-0.4, -0.2) is 22.5 Å². The Morgan fingerprint density at radius 3 is 2.46 bits per heavy atom. The summed E-state index contributed by atoms with van der Waals surface area (Å²) in [6, 6.07) is 9.81. The van der Waals surface area contributed by atoms with E-state index in [2.05, 4.69) is 42.0 Å². The van der Waals surface area contributed by atoms with Crippen LogP contribution < -0.4 is 4.80 Å². The highest BCUT2D eigenvalue weighted by molar-refractivity contribution is 9.11. The molecule has 0 saturated heterocycles. The fraction of sp³-hybridized carbons (Fsp3) is 0.111. The molecule has 0 spiro atoms. The second kappa shape index (κ2) is 8.28. The number of benzene rings is 2. The molecule has 0 amide bonds. The molecule has 0 fully saturated rings. The Morgan fingerprint density at radius 2 is 1.85 bits per heavy atom.